The standard InChI is InChI=1S/C26H28N2O3/c1-20(29)28(19-22-13-7-4-8-14-22)24(17-21-11-5-3-6-12-21)26(30)27-18-23-15-9-10-16-25(23)31-2/h3-16,24H,17-19H2,1-2H3,(H,27,30)/t24-/m0/s1. The molecule has 1 atom stereocenters. The van der Waals surface area contributed by atoms with Crippen LogP contribution in [0.4, 0.5) is 0 Å². The minimum Gasteiger partial charge on any atom is -0.496 e. The van der Waals surface area contributed by atoms with Crippen molar-refractivity contribution in [3.05, 3.63) is 102 Å². The summed E-state index contributed by atoms with van der Waals surface area (Å²) in [4.78, 5) is 27.5. The zero-order chi connectivity index (χ0) is 22.1. The predicted molar refractivity (Wildman–Crippen MR) is 121 cm³/mol. The normalized spacial score (nSPS) is 11.4. The van der Waals surface area contributed by atoms with Crippen LogP contribution < -0.4 is 10.1 Å². The third-order valence-electron chi connectivity index (χ3n) is 5.20. The Balaban J connectivity index is 1.83. The summed E-state index contributed by atoms with van der Waals surface area (Å²) in [7, 11) is 1.61. The van der Waals surface area contributed by atoms with Gasteiger partial charge in [-0.2, -0.15) is 0 Å². The lowest BCUT2D eigenvalue weighted by Gasteiger charge is -2.30. The average molecular weight is 417 g/mol. The molecule has 1 N–H and O–H groups in total. The highest BCUT2D eigenvalue weighted by Gasteiger charge is 2.28. The lowest BCUT2D eigenvalue weighted by molar-refractivity contribution is -0.139. The molecule has 160 valence electrons. The van der Waals surface area contributed by atoms with Crippen molar-refractivity contribution in [1.29, 1.82) is 0 Å². The van der Waals surface area contributed by atoms with E-state index in [2.05, 4.69) is 5.32 Å². The molecule has 2 amide bonds. The van der Waals surface area contributed by atoms with E-state index in [0.717, 1.165) is 22.4 Å². The van der Waals surface area contributed by atoms with Gasteiger partial charge in [-0.15, -0.1) is 0 Å². The summed E-state index contributed by atoms with van der Waals surface area (Å²) in [5, 5.41) is 3.00. The molecule has 0 bridgehead atoms. The predicted octanol–water partition coefficient (Wildman–Crippen LogP) is 3.97. The van der Waals surface area contributed by atoms with Crippen molar-refractivity contribution < 1.29 is 14.3 Å². The maximum absolute atomic E-state index is 13.3. The zero-order valence-corrected chi connectivity index (χ0v) is 18.0. The third kappa shape index (κ3) is 6.19. The van der Waals surface area contributed by atoms with E-state index in [1.807, 2.05) is 84.9 Å². The van der Waals surface area contributed by atoms with Crippen molar-refractivity contribution in [2.24, 2.45) is 0 Å². The van der Waals surface area contributed by atoms with Gasteiger partial charge in [-0.3, -0.25) is 9.59 Å². The van der Waals surface area contributed by atoms with Crippen LogP contribution in [-0.4, -0.2) is 29.9 Å². The Morgan fingerprint density at radius 2 is 1.45 bits per heavy atom. The molecule has 0 radical (unpaired) electrons. The van der Waals surface area contributed by atoms with Gasteiger partial charge in [-0.1, -0.05) is 78.9 Å². The van der Waals surface area contributed by atoms with Gasteiger partial charge >= 0.3 is 0 Å². The molecule has 0 fully saturated rings. The van der Waals surface area contributed by atoms with Crippen LogP contribution in [-0.2, 0) is 29.1 Å². The number of methoxy groups -OCH3 is 1. The summed E-state index contributed by atoms with van der Waals surface area (Å²) in [6.45, 7) is 2.20. The molecular weight excluding hydrogens is 388 g/mol. The van der Waals surface area contributed by atoms with Crippen LogP contribution in [0.15, 0.2) is 84.9 Å². The van der Waals surface area contributed by atoms with Gasteiger partial charge in [-0.05, 0) is 17.2 Å². The first kappa shape index (κ1) is 22.1. The van der Waals surface area contributed by atoms with Gasteiger partial charge in [0, 0.05) is 32.0 Å². The number of para-hydroxylation sites is 1. The smallest absolute Gasteiger partial charge is 0.243 e. The summed E-state index contributed by atoms with van der Waals surface area (Å²) >= 11 is 0. The minimum atomic E-state index is -0.630. The SMILES string of the molecule is COc1ccccc1CNC(=O)[C@H](Cc1ccccc1)N(Cc1ccccc1)C(C)=O. The zero-order valence-electron chi connectivity index (χ0n) is 18.0. The number of amides is 2. The second-order valence-corrected chi connectivity index (χ2v) is 7.37. The van der Waals surface area contributed by atoms with E-state index < -0.39 is 6.04 Å². The molecule has 31 heavy (non-hydrogen) atoms. The van der Waals surface area contributed by atoms with E-state index in [4.69, 9.17) is 4.74 Å². The van der Waals surface area contributed by atoms with Crippen molar-refractivity contribution in [3.63, 3.8) is 0 Å². The lowest BCUT2D eigenvalue weighted by atomic mass is 10.0. The molecule has 3 aromatic carbocycles. The maximum Gasteiger partial charge on any atom is 0.243 e. The number of rotatable bonds is 9. The summed E-state index contributed by atoms with van der Waals surface area (Å²) < 4.78 is 5.38. The topological polar surface area (TPSA) is 58.6 Å². The number of carbonyl (C=O) groups excluding carboxylic acids is 2. The van der Waals surface area contributed by atoms with Crippen molar-refractivity contribution in [2.75, 3.05) is 7.11 Å². The van der Waals surface area contributed by atoms with Gasteiger partial charge in [0.1, 0.15) is 11.8 Å². The first-order valence-electron chi connectivity index (χ1n) is 10.3. The quantitative estimate of drug-likeness (QED) is 0.574. The highest BCUT2D eigenvalue weighted by Crippen LogP contribution is 2.18. The number of nitrogens with zero attached hydrogens (tertiary/aromatic N) is 1. The average Bonchev–Trinajstić information content (AvgIpc) is 2.81. The third-order valence-corrected chi connectivity index (χ3v) is 5.20. The fraction of sp³-hybridized carbons (Fsp3) is 0.231. The van der Waals surface area contributed by atoms with Gasteiger partial charge in [0.05, 0.1) is 7.11 Å². The number of carbonyl (C=O) groups is 2. The molecule has 3 aromatic rings. The molecule has 5 heteroatoms. The monoisotopic (exact) mass is 416 g/mol. The largest absolute Gasteiger partial charge is 0.496 e. The van der Waals surface area contributed by atoms with Crippen LogP contribution >= 0.6 is 0 Å². The van der Waals surface area contributed by atoms with E-state index in [1.165, 1.54) is 6.92 Å². The number of nitrogens with one attached hydrogen (secondary N) is 1. The lowest BCUT2D eigenvalue weighted by Crippen LogP contribution is -2.49. The first-order chi connectivity index (χ1) is 15.1. The van der Waals surface area contributed by atoms with E-state index in [9.17, 15) is 9.59 Å². The van der Waals surface area contributed by atoms with Crippen LogP contribution in [0.2, 0.25) is 0 Å². The highest BCUT2D eigenvalue weighted by molar-refractivity contribution is 5.87. The maximum atomic E-state index is 13.3. The Kier molecular flexibility index (Phi) is 7.82. The van der Waals surface area contributed by atoms with Gasteiger partial charge in [0.15, 0.2) is 0 Å². The Labute approximate surface area is 183 Å². The highest BCUT2D eigenvalue weighted by atomic mass is 16.5. The molecule has 0 aliphatic heterocycles. The van der Waals surface area contributed by atoms with Crippen molar-refractivity contribution in [1.82, 2.24) is 10.2 Å². The van der Waals surface area contributed by atoms with Gasteiger partial charge < -0.3 is 15.0 Å². The van der Waals surface area contributed by atoms with Gasteiger partial charge in [0.2, 0.25) is 11.8 Å². The van der Waals surface area contributed by atoms with Crippen LogP contribution in [0.1, 0.15) is 23.6 Å². The van der Waals surface area contributed by atoms with Crippen molar-refractivity contribution in [3.8, 4) is 5.75 Å². The fourth-order valence-corrected chi connectivity index (χ4v) is 3.55. The van der Waals surface area contributed by atoms with E-state index in [1.54, 1.807) is 12.0 Å². The number of benzene rings is 3. The van der Waals surface area contributed by atoms with Crippen LogP contribution in [0.25, 0.3) is 0 Å². The summed E-state index contributed by atoms with van der Waals surface area (Å²) in [5.41, 5.74) is 2.86. The molecule has 3 rings (SSSR count). The molecule has 5 nitrogen and oxygen atoms in total. The molecule has 0 saturated carbocycles. The van der Waals surface area contributed by atoms with Crippen LogP contribution in [0.3, 0.4) is 0 Å². The molecule has 0 unspecified atom stereocenters. The Bertz CT molecular complexity index is 990. The van der Waals surface area contributed by atoms with Gasteiger partial charge in [0.25, 0.3) is 0 Å². The van der Waals surface area contributed by atoms with E-state index in [0.29, 0.717) is 19.5 Å². The number of hydrogen-bond donors (Lipinski definition) is 1. The first-order valence-corrected chi connectivity index (χ1v) is 10.3. The van der Waals surface area contributed by atoms with Gasteiger partial charge in [-0.25, -0.2) is 0 Å². The minimum absolute atomic E-state index is 0.141. The molecule has 0 spiro atoms. The number of hydrogen-bond acceptors (Lipinski definition) is 3. The van der Waals surface area contributed by atoms with Crippen LogP contribution in [0, 0.1) is 0 Å². The second kappa shape index (κ2) is 11.0. The summed E-state index contributed by atoms with van der Waals surface area (Å²) in [6, 6.07) is 26.4. The summed E-state index contributed by atoms with van der Waals surface area (Å²) in [5.74, 6) is 0.383. The number of ether oxygens (including phenoxy) is 1. The molecule has 0 saturated heterocycles. The second-order valence-electron chi connectivity index (χ2n) is 7.37. The van der Waals surface area contributed by atoms with Crippen molar-refractivity contribution >= 4 is 11.8 Å². The van der Waals surface area contributed by atoms with Crippen molar-refractivity contribution in [2.45, 2.75) is 32.5 Å². The van der Waals surface area contributed by atoms with E-state index in [-0.39, 0.29) is 11.8 Å². The van der Waals surface area contributed by atoms with Crippen LogP contribution in [0.5, 0.6) is 5.75 Å². The molecule has 0 aromatic heterocycles. The Morgan fingerprint density at radius 1 is 0.871 bits per heavy atom. The molecule has 0 heterocycles. The molecule has 0 aliphatic rings. The van der Waals surface area contributed by atoms with E-state index >= 15 is 0 Å². The fourth-order valence-electron chi connectivity index (χ4n) is 3.55. The Morgan fingerprint density at radius 3 is 2.06 bits per heavy atom. The molecule has 0 aliphatic carbocycles. The summed E-state index contributed by atoms with van der Waals surface area (Å²) in [6.07, 6.45) is 0.436. The molecular formula is C26H28N2O3. The Hall–Kier alpha value is -3.60.